The SMILES string of the molecule is Cn1cc(-c2nc(NC(=O)c3ccc4cnccc4c3)ccc2C2CC2)c2cc[nH]c2c1=O. The maximum Gasteiger partial charge on any atom is 0.274 e. The second-order valence-electron chi connectivity index (χ2n) is 8.53. The lowest BCUT2D eigenvalue weighted by Gasteiger charge is -2.13. The van der Waals surface area contributed by atoms with E-state index in [1.807, 2.05) is 42.6 Å². The number of carbonyl (C=O) groups is 1. The zero-order valence-electron chi connectivity index (χ0n) is 18.0. The average molecular weight is 435 g/mol. The number of aromatic amines is 1. The van der Waals surface area contributed by atoms with Crippen LogP contribution in [0.15, 0.2) is 72.0 Å². The van der Waals surface area contributed by atoms with Crippen molar-refractivity contribution in [2.24, 2.45) is 7.05 Å². The first kappa shape index (κ1) is 19.4. The van der Waals surface area contributed by atoms with E-state index in [1.165, 1.54) is 0 Å². The first-order valence-electron chi connectivity index (χ1n) is 10.9. The number of hydrogen-bond acceptors (Lipinski definition) is 4. The Morgan fingerprint density at radius 2 is 2.00 bits per heavy atom. The molecule has 5 aromatic rings. The highest BCUT2D eigenvalue weighted by molar-refractivity contribution is 6.06. The topological polar surface area (TPSA) is 92.7 Å². The van der Waals surface area contributed by atoms with Crippen molar-refractivity contribution in [3.8, 4) is 11.3 Å². The van der Waals surface area contributed by atoms with Gasteiger partial charge in [-0.25, -0.2) is 4.98 Å². The standard InChI is InChI=1S/C26H21N5O2/c1-31-14-21(20-9-11-28-24(20)26(31)33)23-19(15-2-3-15)6-7-22(29-23)30-25(32)17-4-5-18-13-27-10-8-16(18)12-17/h4-15,28H,2-3H2,1H3,(H,29,30,32). The van der Waals surface area contributed by atoms with Crippen molar-refractivity contribution in [3.05, 3.63) is 88.7 Å². The maximum atomic E-state index is 13.0. The molecule has 7 nitrogen and oxygen atoms in total. The van der Waals surface area contributed by atoms with Gasteiger partial charge in [-0.1, -0.05) is 12.1 Å². The summed E-state index contributed by atoms with van der Waals surface area (Å²) in [7, 11) is 1.74. The third kappa shape index (κ3) is 3.38. The zero-order valence-corrected chi connectivity index (χ0v) is 18.0. The highest BCUT2D eigenvalue weighted by Crippen LogP contribution is 2.45. The van der Waals surface area contributed by atoms with Gasteiger partial charge in [0.05, 0.1) is 5.69 Å². The molecule has 7 heteroatoms. The van der Waals surface area contributed by atoms with Crippen LogP contribution in [0.2, 0.25) is 0 Å². The predicted molar refractivity (Wildman–Crippen MR) is 128 cm³/mol. The number of benzene rings is 1. The maximum absolute atomic E-state index is 13.0. The van der Waals surface area contributed by atoms with Crippen molar-refractivity contribution in [3.63, 3.8) is 0 Å². The summed E-state index contributed by atoms with van der Waals surface area (Å²) in [6, 6.07) is 13.2. The number of rotatable bonds is 4. The Morgan fingerprint density at radius 3 is 2.85 bits per heavy atom. The Bertz CT molecular complexity index is 1610. The van der Waals surface area contributed by atoms with Gasteiger partial charge in [0, 0.05) is 53.7 Å². The van der Waals surface area contributed by atoms with Crippen LogP contribution < -0.4 is 10.9 Å². The summed E-state index contributed by atoms with van der Waals surface area (Å²) in [5.41, 5.74) is 3.86. The summed E-state index contributed by atoms with van der Waals surface area (Å²) in [6.07, 6.45) is 9.32. The molecule has 0 radical (unpaired) electrons. The van der Waals surface area contributed by atoms with E-state index in [0.717, 1.165) is 45.8 Å². The fourth-order valence-electron chi connectivity index (χ4n) is 4.35. The smallest absolute Gasteiger partial charge is 0.274 e. The fraction of sp³-hybridized carbons (Fsp3) is 0.154. The number of aromatic nitrogens is 4. The Kier molecular flexibility index (Phi) is 4.36. The minimum Gasteiger partial charge on any atom is -0.357 e. The van der Waals surface area contributed by atoms with Crippen LogP contribution in [0.1, 0.15) is 34.7 Å². The molecule has 1 aliphatic carbocycles. The van der Waals surface area contributed by atoms with Gasteiger partial charge >= 0.3 is 0 Å². The number of amides is 1. The van der Waals surface area contributed by atoms with E-state index in [4.69, 9.17) is 4.98 Å². The number of H-pyrrole nitrogens is 1. The van der Waals surface area contributed by atoms with Gasteiger partial charge in [0.2, 0.25) is 0 Å². The summed E-state index contributed by atoms with van der Waals surface area (Å²) in [6.45, 7) is 0. The van der Waals surface area contributed by atoms with Crippen LogP contribution in [-0.4, -0.2) is 25.4 Å². The highest BCUT2D eigenvalue weighted by atomic mass is 16.1. The Balaban J connectivity index is 1.42. The fourth-order valence-corrected chi connectivity index (χ4v) is 4.35. The molecule has 4 heterocycles. The minimum absolute atomic E-state index is 0.0808. The molecule has 4 aromatic heterocycles. The van der Waals surface area contributed by atoms with Crippen LogP contribution in [0.3, 0.4) is 0 Å². The summed E-state index contributed by atoms with van der Waals surface area (Å²) in [5.74, 6) is 0.711. The molecule has 33 heavy (non-hydrogen) atoms. The quantitative estimate of drug-likeness (QED) is 0.431. The second kappa shape index (κ2) is 7.41. The minimum atomic E-state index is -0.224. The molecule has 0 saturated heterocycles. The Labute approximate surface area is 189 Å². The highest BCUT2D eigenvalue weighted by Gasteiger charge is 2.28. The molecule has 2 N–H and O–H groups in total. The lowest BCUT2D eigenvalue weighted by molar-refractivity contribution is 0.102. The van der Waals surface area contributed by atoms with Crippen molar-refractivity contribution >= 4 is 33.4 Å². The van der Waals surface area contributed by atoms with Crippen LogP contribution in [-0.2, 0) is 7.05 Å². The number of anilines is 1. The molecular weight excluding hydrogens is 414 g/mol. The van der Waals surface area contributed by atoms with Gasteiger partial charge in [0.25, 0.3) is 11.5 Å². The number of hydrogen-bond donors (Lipinski definition) is 2. The van der Waals surface area contributed by atoms with E-state index < -0.39 is 0 Å². The van der Waals surface area contributed by atoms with Crippen molar-refractivity contribution in [1.82, 2.24) is 19.5 Å². The van der Waals surface area contributed by atoms with Gasteiger partial charge in [0.15, 0.2) is 0 Å². The second-order valence-corrected chi connectivity index (χ2v) is 8.53. The molecule has 0 atom stereocenters. The van der Waals surface area contributed by atoms with E-state index in [1.54, 1.807) is 36.3 Å². The van der Waals surface area contributed by atoms with Gasteiger partial charge in [-0.3, -0.25) is 14.6 Å². The molecule has 162 valence electrons. The Hall–Kier alpha value is -4.26. The average Bonchev–Trinajstić information content (AvgIpc) is 3.56. The molecule has 1 aromatic carbocycles. The van der Waals surface area contributed by atoms with Crippen LogP contribution in [0.5, 0.6) is 0 Å². The van der Waals surface area contributed by atoms with Gasteiger partial charge in [0.1, 0.15) is 11.3 Å². The Morgan fingerprint density at radius 1 is 1.12 bits per heavy atom. The van der Waals surface area contributed by atoms with Gasteiger partial charge in [-0.2, -0.15) is 0 Å². The van der Waals surface area contributed by atoms with Crippen molar-refractivity contribution in [2.45, 2.75) is 18.8 Å². The number of nitrogens with zero attached hydrogens (tertiary/aromatic N) is 3. The molecule has 1 aliphatic rings. The molecule has 0 bridgehead atoms. The van der Waals surface area contributed by atoms with Gasteiger partial charge in [-0.05, 0) is 60.0 Å². The number of carbonyl (C=O) groups excluding carboxylic acids is 1. The summed E-state index contributed by atoms with van der Waals surface area (Å²) >= 11 is 0. The molecule has 1 fully saturated rings. The van der Waals surface area contributed by atoms with E-state index >= 15 is 0 Å². The van der Waals surface area contributed by atoms with Crippen molar-refractivity contribution in [2.75, 3.05) is 5.32 Å². The number of nitrogens with one attached hydrogen (secondary N) is 2. The number of fused-ring (bicyclic) bond motifs is 2. The zero-order chi connectivity index (χ0) is 22.5. The number of aryl methyl sites for hydroxylation is 1. The van der Waals surface area contributed by atoms with Crippen LogP contribution >= 0.6 is 0 Å². The van der Waals surface area contributed by atoms with E-state index in [0.29, 0.717) is 22.8 Å². The van der Waals surface area contributed by atoms with Crippen molar-refractivity contribution in [1.29, 1.82) is 0 Å². The lowest BCUT2D eigenvalue weighted by atomic mass is 10.0. The van der Waals surface area contributed by atoms with E-state index in [2.05, 4.69) is 15.3 Å². The largest absolute Gasteiger partial charge is 0.357 e. The van der Waals surface area contributed by atoms with Crippen LogP contribution in [0, 0.1) is 0 Å². The summed E-state index contributed by atoms with van der Waals surface area (Å²) in [4.78, 5) is 37.5. The third-order valence-electron chi connectivity index (χ3n) is 6.24. The molecule has 1 saturated carbocycles. The first-order chi connectivity index (χ1) is 16.1. The predicted octanol–water partition coefficient (Wildman–Crippen LogP) is 4.61. The van der Waals surface area contributed by atoms with Crippen LogP contribution in [0.25, 0.3) is 32.9 Å². The number of pyridine rings is 3. The van der Waals surface area contributed by atoms with Gasteiger partial charge in [-0.15, -0.1) is 0 Å². The summed E-state index contributed by atoms with van der Waals surface area (Å²) < 4.78 is 1.57. The molecule has 0 aliphatic heterocycles. The monoisotopic (exact) mass is 435 g/mol. The molecule has 6 rings (SSSR count). The molecular formula is C26H21N5O2. The summed E-state index contributed by atoms with van der Waals surface area (Å²) in [5, 5.41) is 5.71. The van der Waals surface area contributed by atoms with Gasteiger partial charge < -0.3 is 14.9 Å². The van der Waals surface area contributed by atoms with E-state index in [9.17, 15) is 9.59 Å². The van der Waals surface area contributed by atoms with Crippen LogP contribution in [0.4, 0.5) is 5.82 Å². The third-order valence-corrected chi connectivity index (χ3v) is 6.24. The normalized spacial score (nSPS) is 13.5. The first-order valence-corrected chi connectivity index (χ1v) is 10.9. The van der Waals surface area contributed by atoms with Crippen molar-refractivity contribution < 1.29 is 4.79 Å². The molecule has 0 spiro atoms. The lowest BCUT2D eigenvalue weighted by Crippen LogP contribution is -2.17. The van der Waals surface area contributed by atoms with E-state index in [-0.39, 0.29) is 11.5 Å². The molecule has 0 unspecified atom stereocenters. The molecule has 1 amide bonds.